The molecule has 3 aromatic carbocycles. The summed E-state index contributed by atoms with van der Waals surface area (Å²) >= 11 is 5.86. The van der Waals surface area contributed by atoms with Gasteiger partial charge in [-0.25, -0.2) is 4.79 Å². The van der Waals surface area contributed by atoms with E-state index in [0.717, 1.165) is 11.3 Å². The summed E-state index contributed by atoms with van der Waals surface area (Å²) in [6, 6.07) is 20.7. The van der Waals surface area contributed by atoms with E-state index in [0.29, 0.717) is 22.0 Å². The van der Waals surface area contributed by atoms with Crippen LogP contribution in [0.1, 0.15) is 21.5 Å². The number of carbonyl (C=O) groups is 1. The number of halogens is 1. The summed E-state index contributed by atoms with van der Waals surface area (Å²) in [5.74, 6) is -0.175. The lowest BCUT2D eigenvalue weighted by molar-refractivity contribution is 0.0517. The van der Waals surface area contributed by atoms with Crippen molar-refractivity contribution >= 4 is 39.1 Å². The third-order valence-corrected chi connectivity index (χ3v) is 6.39. The van der Waals surface area contributed by atoms with Gasteiger partial charge in [0, 0.05) is 16.3 Å². The molecule has 0 spiro atoms. The molecule has 0 aliphatic carbocycles. The van der Waals surface area contributed by atoms with Crippen LogP contribution in [0.2, 0.25) is 5.02 Å². The van der Waals surface area contributed by atoms with E-state index in [1.165, 1.54) is 6.07 Å². The fourth-order valence-electron chi connectivity index (χ4n) is 3.34. The Morgan fingerprint density at radius 2 is 1.77 bits per heavy atom. The number of carbonyl (C=O) groups excluding carboxylic acids is 1. The monoisotopic (exact) mass is 454 g/mol. The van der Waals surface area contributed by atoms with E-state index in [1.54, 1.807) is 47.4 Å². The molecule has 8 heteroatoms. The second-order valence-corrected chi connectivity index (χ2v) is 9.03. The zero-order valence-electron chi connectivity index (χ0n) is 16.7. The normalized spacial score (nSPS) is 13.9. The molecular weight excluding hydrogens is 436 g/mol. The summed E-state index contributed by atoms with van der Waals surface area (Å²) < 4.78 is 34.5. The summed E-state index contributed by atoms with van der Waals surface area (Å²) in [7, 11) is -3.78. The Balaban J connectivity index is 1.61. The number of hydrogen-bond donors (Lipinski definition) is 0. The van der Waals surface area contributed by atoms with Crippen LogP contribution in [0, 0.1) is 6.92 Å². The van der Waals surface area contributed by atoms with Crippen molar-refractivity contribution in [2.24, 2.45) is 4.40 Å². The van der Waals surface area contributed by atoms with Gasteiger partial charge in [-0.2, -0.15) is 8.42 Å². The minimum absolute atomic E-state index is 0.0383. The van der Waals surface area contributed by atoms with Gasteiger partial charge in [0.05, 0.1) is 12.1 Å². The van der Waals surface area contributed by atoms with Crippen LogP contribution in [0.5, 0.6) is 0 Å². The Morgan fingerprint density at radius 1 is 1.03 bits per heavy atom. The molecule has 0 bridgehead atoms. The van der Waals surface area contributed by atoms with Crippen LogP contribution >= 0.6 is 11.6 Å². The molecule has 6 nitrogen and oxygen atoms in total. The number of rotatable bonds is 5. The third-order valence-electron chi connectivity index (χ3n) is 4.81. The van der Waals surface area contributed by atoms with Crippen molar-refractivity contribution in [1.82, 2.24) is 0 Å². The lowest BCUT2D eigenvalue weighted by Crippen LogP contribution is -2.34. The van der Waals surface area contributed by atoms with E-state index in [9.17, 15) is 13.2 Å². The first-order chi connectivity index (χ1) is 14.8. The summed E-state index contributed by atoms with van der Waals surface area (Å²) in [5.41, 5.74) is 2.68. The number of ether oxygens (including phenoxy) is 1. The minimum Gasteiger partial charge on any atom is -0.460 e. The average molecular weight is 455 g/mol. The highest BCUT2D eigenvalue weighted by Gasteiger charge is 2.32. The molecule has 0 aromatic heterocycles. The van der Waals surface area contributed by atoms with Crippen molar-refractivity contribution in [2.75, 3.05) is 18.1 Å². The third kappa shape index (κ3) is 4.47. The van der Waals surface area contributed by atoms with E-state index in [4.69, 9.17) is 16.3 Å². The van der Waals surface area contributed by atoms with Crippen LogP contribution in [0.25, 0.3) is 0 Å². The van der Waals surface area contributed by atoms with Crippen LogP contribution in [-0.4, -0.2) is 33.4 Å². The maximum atomic E-state index is 12.6. The number of anilines is 1. The highest BCUT2D eigenvalue weighted by molar-refractivity contribution is 7.90. The molecule has 31 heavy (non-hydrogen) atoms. The molecule has 0 saturated carbocycles. The summed E-state index contributed by atoms with van der Waals surface area (Å²) in [5, 5.41) is 0.529. The first kappa shape index (κ1) is 21.1. The van der Waals surface area contributed by atoms with Crippen LogP contribution in [0.15, 0.2) is 82.1 Å². The molecule has 1 aliphatic heterocycles. The quantitative estimate of drug-likeness (QED) is 0.532. The standard InChI is InChI=1S/C23H19ClN2O4S/c1-16-5-4-6-19(15-16)26(13-14-30-23(27)17-9-11-18(24)12-10-17)22-20-7-2-3-8-21(20)31(28,29)25-22/h2-12,15H,13-14H2,1H3. The molecule has 0 amide bonds. The molecule has 1 aliphatic rings. The van der Waals surface area contributed by atoms with Gasteiger partial charge in [0.2, 0.25) is 0 Å². The van der Waals surface area contributed by atoms with Crippen LogP contribution in [-0.2, 0) is 14.8 Å². The molecule has 0 unspecified atom stereocenters. The second-order valence-electron chi connectivity index (χ2n) is 7.02. The van der Waals surface area contributed by atoms with Crippen LogP contribution in [0.3, 0.4) is 0 Å². The van der Waals surface area contributed by atoms with Crippen molar-refractivity contribution in [1.29, 1.82) is 0 Å². The van der Waals surface area contributed by atoms with Gasteiger partial charge in [0.1, 0.15) is 11.5 Å². The van der Waals surface area contributed by atoms with E-state index < -0.39 is 16.0 Å². The molecule has 3 aromatic rings. The zero-order valence-corrected chi connectivity index (χ0v) is 18.2. The summed E-state index contributed by atoms with van der Waals surface area (Å²) in [6.07, 6.45) is 0. The van der Waals surface area contributed by atoms with E-state index >= 15 is 0 Å². The summed E-state index contributed by atoms with van der Waals surface area (Å²) in [4.78, 5) is 14.3. The molecule has 0 N–H and O–H groups in total. The van der Waals surface area contributed by atoms with Gasteiger partial charge in [-0.1, -0.05) is 35.9 Å². The highest BCUT2D eigenvalue weighted by atomic mass is 35.5. The molecule has 4 rings (SSSR count). The molecule has 0 atom stereocenters. The van der Waals surface area contributed by atoms with Crippen molar-refractivity contribution in [3.05, 3.63) is 94.5 Å². The fourth-order valence-corrected chi connectivity index (χ4v) is 4.67. The predicted molar refractivity (Wildman–Crippen MR) is 120 cm³/mol. The molecule has 0 fully saturated rings. The zero-order chi connectivity index (χ0) is 22.0. The van der Waals surface area contributed by atoms with Crippen LogP contribution < -0.4 is 4.90 Å². The first-order valence-electron chi connectivity index (χ1n) is 9.56. The van der Waals surface area contributed by atoms with Gasteiger partial charge < -0.3 is 9.64 Å². The van der Waals surface area contributed by atoms with Crippen molar-refractivity contribution in [2.45, 2.75) is 11.8 Å². The van der Waals surface area contributed by atoms with Crippen LogP contribution in [0.4, 0.5) is 5.69 Å². The molecule has 158 valence electrons. The number of benzene rings is 3. The van der Waals surface area contributed by atoms with Gasteiger partial charge in [-0.05, 0) is 61.0 Å². The Hall–Kier alpha value is -3.16. The van der Waals surface area contributed by atoms with Gasteiger partial charge in [-0.15, -0.1) is 4.40 Å². The van der Waals surface area contributed by atoms with E-state index in [1.807, 2.05) is 31.2 Å². The minimum atomic E-state index is -3.78. The molecule has 0 saturated heterocycles. The van der Waals surface area contributed by atoms with Gasteiger partial charge >= 0.3 is 5.97 Å². The first-order valence-corrected chi connectivity index (χ1v) is 11.4. The van der Waals surface area contributed by atoms with Gasteiger partial charge in [-0.3, -0.25) is 0 Å². The Bertz CT molecular complexity index is 1270. The maximum absolute atomic E-state index is 12.6. The van der Waals surface area contributed by atoms with Crippen molar-refractivity contribution in [3.8, 4) is 0 Å². The van der Waals surface area contributed by atoms with Gasteiger partial charge in [0.25, 0.3) is 10.0 Å². The topological polar surface area (TPSA) is 76.0 Å². The summed E-state index contributed by atoms with van der Waals surface area (Å²) in [6.45, 7) is 2.21. The number of fused-ring (bicyclic) bond motifs is 1. The molecular formula is C23H19ClN2O4S. The van der Waals surface area contributed by atoms with E-state index in [-0.39, 0.29) is 18.0 Å². The number of nitrogens with zero attached hydrogens (tertiary/aromatic N) is 2. The largest absolute Gasteiger partial charge is 0.460 e. The van der Waals surface area contributed by atoms with Crippen molar-refractivity contribution in [3.63, 3.8) is 0 Å². The SMILES string of the molecule is Cc1cccc(N(CCOC(=O)c2ccc(Cl)cc2)C2=NS(=O)(=O)c3ccccc32)c1. The van der Waals surface area contributed by atoms with E-state index in [2.05, 4.69) is 4.40 Å². The van der Waals surface area contributed by atoms with Crippen molar-refractivity contribution < 1.29 is 17.9 Å². The number of amidine groups is 1. The smallest absolute Gasteiger partial charge is 0.338 e. The molecule has 0 radical (unpaired) electrons. The molecule has 1 heterocycles. The Labute approximate surface area is 185 Å². The lowest BCUT2D eigenvalue weighted by Gasteiger charge is -2.25. The Morgan fingerprint density at radius 3 is 2.52 bits per heavy atom. The fraction of sp³-hybridized carbons (Fsp3) is 0.130. The highest BCUT2D eigenvalue weighted by Crippen LogP contribution is 2.30. The predicted octanol–water partition coefficient (Wildman–Crippen LogP) is 4.46. The maximum Gasteiger partial charge on any atom is 0.338 e. The Kier molecular flexibility index (Phi) is 5.80. The number of esters is 1. The second kappa shape index (κ2) is 8.53. The van der Waals surface area contributed by atoms with Gasteiger partial charge in [0.15, 0.2) is 5.84 Å². The number of aryl methyl sites for hydroxylation is 1. The average Bonchev–Trinajstić information content (AvgIpc) is 3.02. The number of sulfonamides is 1. The number of hydrogen-bond acceptors (Lipinski definition) is 5. The lowest BCUT2D eigenvalue weighted by atomic mass is 10.1.